The van der Waals surface area contributed by atoms with Gasteiger partial charge in [0.1, 0.15) is 0 Å². The van der Waals surface area contributed by atoms with Crippen molar-refractivity contribution in [3.63, 3.8) is 0 Å². The van der Waals surface area contributed by atoms with Gasteiger partial charge in [-0.25, -0.2) is 0 Å². The van der Waals surface area contributed by atoms with E-state index < -0.39 is 10.8 Å². The number of likely N-dealkylation sites (N-methyl/N-ethyl adjacent to an activating group) is 1. The Morgan fingerprint density at radius 2 is 2.12 bits per heavy atom. The lowest BCUT2D eigenvalue weighted by atomic mass is 10.0. The maximum absolute atomic E-state index is 13.4. The van der Waals surface area contributed by atoms with Crippen molar-refractivity contribution in [1.82, 2.24) is 9.80 Å². The molecular formula is C26H33N3O4S. The van der Waals surface area contributed by atoms with Crippen LogP contribution in [-0.2, 0) is 17.0 Å². The van der Waals surface area contributed by atoms with Crippen LogP contribution in [0.4, 0.5) is 5.69 Å². The van der Waals surface area contributed by atoms with Crippen LogP contribution in [-0.4, -0.2) is 62.7 Å². The molecule has 34 heavy (non-hydrogen) atoms. The van der Waals surface area contributed by atoms with E-state index in [1.54, 1.807) is 4.90 Å². The highest BCUT2D eigenvalue weighted by molar-refractivity contribution is 8.25. The van der Waals surface area contributed by atoms with Crippen LogP contribution in [0.3, 0.4) is 0 Å². The average molecular weight is 484 g/mol. The first-order valence-corrected chi connectivity index (χ1v) is 13.4. The minimum absolute atomic E-state index is 0.0284. The summed E-state index contributed by atoms with van der Waals surface area (Å²) in [6, 6.07) is 13.4. The Hall–Kier alpha value is -2.54. The molecule has 2 aromatic carbocycles. The third kappa shape index (κ3) is 5.93. The molecule has 182 valence electrons. The maximum Gasteiger partial charge on any atom is 0.227 e. The van der Waals surface area contributed by atoms with Gasteiger partial charge in [0, 0.05) is 38.7 Å². The molecule has 1 amide bonds. The number of anilines is 1. The topological polar surface area (TPSA) is 96.3 Å². The molecule has 0 unspecified atom stereocenters. The van der Waals surface area contributed by atoms with E-state index >= 15 is 0 Å². The summed E-state index contributed by atoms with van der Waals surface area (Å²) in [7, 11) is -1.00. The Morgan fingerprint density at radius 3 is 2.85 bits per heavy atom. The summed E-state index contributed by atoms with van der Waals surface area (Å²) in [6.45, 7) is 4.06. The lowest BCUT2D eigenvalue weighted by Gasteiger charge is -2.32. The van der Waals surface area contributed by atoms with Crippen molar-refractivity contribution in [3.8, 4) is 11.8 Å². The molecule has 4 rings (SSSR count). The first kappa shape index (κ1) is 24.6. The first-order valence-electron chi connectivity index (χ1n) is 11.6. The molecule has 4 N–H and O–H groups in total. The van der Waals surface area contributed by atoms with Crippen LogP contribution in [0.2, 0.25) is 0 Å². The Labute approximate surface area is 203 Å². The molecule has 0 aliphatic carbocycles. The fourth-order valence-electron chi connectivity index (χ4n) is 4.54. The fraction of sp³-hybridized carbons (Fsp3) is 0.423. The standard InChI is InChI=1S/C26H33N3O4S/c1-3-4-6-19-7-5-8-21(13-19)25(17-29-12-11-23(30)16-29)28(2)26(31)15-20-9-10-22-18-34(32,33)27-24(22)14-20/h5,7-10,13-14,23,25,27,30,32-33H,3,11-12,15-18H2,1-2H3/t23-,25+/m0/s1. The Balaban J connectivity index is 1.54. The van der Waals surface area contributed by atoms with E-state index in [4.69, 9.17) is 0 Å². The second-order valence-electron chi connectivity index (χ2n) is 9.08. The van der Waals surface area contributed by atoms with Gasteiger partial charge < -0.3 is 10.0 Å². The summed E-state index contributed by atoms with van der Waals surface area (Å²) < 4.78 is 22.6. The molecular weight excluding hydrogens is 450 g/mol. The summed E-state index contributed by atoms with van der Waals surface area (Å²) in [6.07, 6.45) is 1.41. The van der Waals surface area contributed by atoms with Gasteiger partial charge in [0.05, 0.1) is 30.0 Å². The average Bonchev–Trinajstić information content (AvgIpc) is 3.35. The van der Waals surface area contributed by atoms with Crippen molar-refractivity contribution < 1.29 is 19.0 Å². The lowest BCUT2D eigenvalue weighted by Crippen LogP contribution is -2.39. The van der Waals surface area contributed by atoms with Crippen molar-refractivity contribution in [2.24, 2.45) is 0 Å². The molecule has 2 aliphatic rings. The number of carbonyl (C=O) groups is 1. The second kappa shape index (κ2) is 10.4. The van der Waals surface area contributed by atoms with Gasteiger partial charge in [-0.15, -0.1) is 10.8 Å². The summed E-state index contributed by atoms with van der Waals surface area (Å²) in [5.74, 6) is 6.45. The first-order chi connectivity index (χ1) is 16.2. The van der Waals surface area contributed by atoms with E-state index in [2.05, 4.69) is 21.5 Å². The number of hydrogen-bond acceptors (Lipinski definition) is 6. The van der Waals surface area contributed by atoms with Gasteiger partial charge in [0.15, 0.2) is 0 Å². The highest BCUT2D eigenvalue weighted by Crippen LogP contribution is 2.50. The van der Waals surface area contributed by atoms with Gasteiger partial charge in [-0.1, -0.05) is 43.0 Å². The molecule has 2 atom stereocenters. The van der Waals surface area contributed by atoms with Crippen LogP contribution in [0.1, 0.15) is 48.1 Å². The molecule has 2 aromatic rings. The highest BCUT2D eigenvalue weighted by Gasteiger charge is 2.29. The number of rotatable bonds is 6. The van der Waals surface area contributed by atoms with E-state index in [9.17, 15) is 19.0 Å². The molecule has 0 spiro atoms. The summed E-state index contributed by atoms with van der Waals surface area (Å²) in [5.41, 5.74) is 4.29. The molecule has 2 heterocycles. The number of β-amino-alcohol motifs (C(OH)–C–C–N with tert-alkyl or cyclic N) is 1. The molecule has 0 aromatic heterocycles. The zero-order valence-electron chi connectivity index (χ0n) is 19.7. The number of likely N-dealkylation sites (tertiary alicyclic amines) is 1. The van der Waals surface area contributed by atoms with Crippen molar-refractivity contribution in [2.75, 3.05) is 31.4 Å². The van der Waals surface area contributed by atoms with Crippen molar-refractivity contribution in [1.29, 1.82) is 0 Å². The number of aliphatic hydroxyl groups excluding tert-OH is 1. The van der Waals surface area contributed by atoms with Crippen molar-refractivity contribution in [2.45, 2.75) is 44.1 Å². The van der Waals surface area contributed by atoms with Gasteiger partial charge in [0.25, 0.3) is 0 Å². The molecule has 1 fully saturated rings. The van der Waals surface area contributed by atoms with Gasteiger partial charge in [-0.3, -0.25) is 23.5 Å². The quantitative estimate of drug-likeness (QED) is 0.466. The molecule has 8 heteroatoms. The predicted molar refractivity (Wildman–Crippen MR) is 137 cm³/mol. The number of nitrogens with zero attached hydrogens (tertiary/aromatic N) is 2. The number of fused-ring (bicyclic) bond motifs is 1. The predicted octanol–water partition coefficient (Wildman–Crippen LogP) is 3.85. The molecule has 7 nitrogen and oxygen atoms in total. The van der Waals surface area contributed by atoms with Crippen LogP contribution in [0, 0.1) is 11.8 Å². The largest absolute Gasteiger partial charge is 0.392 e. The maximum atomic E-state index is 13.4. The molecule has 0 bridgehead atoms. The third-order valence-corrected chi connectivity index (χ3v) is 7.64. The third-order valence-electron chi connectivity index (χ3n) is 6.38. The SMILES string of the molecule is CCC#Cc1cccc([C@@H](CN2CC[C@H](O)C2)N(C)C(=O)Cc2ccc3c(c2)NS(O)(O)C3)c1. The monoisotopic (exact) mass is 483 g/mol. The van der Waals surface area contributed by atoms with Crippen LogP contribution >= 0.6 is 10.8 Å². The van der Waals surface area contributed by atoms with E-state index in [1.165, 1.54) is 0 Å². The molecule has 0 saturated carbocycles. The lowest BCUT2D eigenvalue weighted by molar-refractivity contribution is -0.131. The zero-order valence-corrected chi connectivity index (χ0v) is 20.5. The fourth-order valence-corrected chi connectivity index (χ4v) is 5.84. The van der Waals surface area contributed by atoms with E-state index in [0.717, 1.165) is 41.6 Å². The Bertz CT molecular complexity index is 1110. The summed E-state index contributed by atoms with van der Waals surface area (Å²) in [4.78, 5) is 17.4. The summed E-state index contributed by atoms with van der Waals surface area (Å²) >= 11 is 0. The van der Waals surface area contributed by atoms with Crippen LogP contribution in [0.5, 0.6) is 0 Å². The number of benzene rings is 2. The molecule has 2 aliphatic heterocycles. The molecule has 0 radical (unpaired) electrons. The Kier molecular flexibility index (Phi) is 7.51. The number of aliphatic hydroxyl groups is 1. The van der Waals surface area contributed by atoms with Crippen molar-refractivity contribution >= 4 is 22.4 Å². The van der Waals surface area contributed by atoms with Crippen LogP contribution in [0.25, 0.3) is 0 Å². The van der Waals surface area contributed by atoms with E-state index in [-0.39, 0.29) is 30.2 Å². The van der Waals surface area contributed by atoms with E-state index in [1.807, 2.05) is 56.4 Å². The van der Waals surface area contributed by atoms with Gasteiger partial charge >= 0.3 is 0 Å². The van der Waals surface area contributed by atoms with Gasteiger partial charge in [-0.2, -0.15) is 0 Å². The minimum Gasteiger partial charge on any atom is -0.392 e. The van der Waals surface area contributed by atoms with Crippen molar-refractivity contribution in [3.05, 3.63) is 64.7 Å². The Morgan fingerprint density at radius 1 is 1.29 bits per heavy atom. The van der Waals surface area contributed by atoms with Gasteiger partial charge in [0.2, 0.25) is 5.91 Å². The minimum atomic E-state index is -2.83. The number of nitrogens with one attached hydrogen (secondary N) is 1. The van der Waals surface area contributed by atoms with Crippen LogP contribution < -0.4 is 4.72 Å². The number of hydrogen-bond donors (Lipinski definition) is 4. The second-order valence-corrected chi connectivity index (χ2v) is 10.9. The molecule has 1 saturated heterocycles. The smallest absolute Gasteiger partial charge is 0.227 e. The zero-order chi connectivity index (χ0) is 24.3. The highest BCUT2D eigenvalue weighted by atomic mass is 32.3. The van der Waals surface area contributed by atoms with E-state index in [0.29, 0.717) is 18.8 Å². The normalized spacial score (nSPS) is 20.6. The number of amides is 1. The van der Waals surface area contributed by atoms with Gasteiger partial charge in [-0.05, 0) is 41.3 Å². The van der Waals surface area contributed by atoms with Crippen LogP contribution in [0.15, 0.2) is 42.5 Å². The summed E-state index contributed by atoms with van der Waals surface area (Å²) in [5, 5.41) is 10.0. The number of carbonyl (C=O) groups excluding carboxylic acids is 1.